The molecule has 1 amide bonds. The zero-order chi connectivity index (χ0) is 15.1. The van der Waals surface area contributed by atoms with Gasteiger partial charge in [0.1, 0.15) is 11.5 Å². The summed E-state index contributed by atoms with van der Waals surface area (Å²) in [7, 11) is 0. The molecule has 4 rings (SSSR count). The van der Waals surface area contributed by atoms with Crippen LogP contribution in [0.5, 0.6) is 0 Å². The first-order chi connectivity index (χ1) is 10.7. The Bertz CT molecular complexity index is 748. The molecule has 7 nitrogen and oxygen atoms in total. The molecule has 3 heterocycles. The fraction of sp³-hybridized carbons (Fsp3) is 0.467. The van der Waals surface area contributed by atoms with Gasteiger partial charge < -0.3 is 9.88 Å². The Kier molecular flexibility index (Phi) is 3.06. The van der Waals surface area contributed by atoms with Crippen molar-refractivity contribution in [2.75, 3.05) is 6.54 Å². The Hall–Kier alpha value is -2.44. The highest BCUT2D eigenvalue weighted by Crippen LogP contribution is 2.38. The van der Waals surface area contributed by atoms with Gasteiger partial charge in [-0.3, -0.25) is 14.7 Å². The maximum atomic E-state index is 12.8. The summed E-state index contributed by atoms with van der Waals surface area (Å²) in [6.45, 7) is 0.682. The van der Waals surface area contributed by atoms with Crippen LogP contribution < -0.4 is 5.56 Å². The molecular weight excluding hydrogens is 282 g/mol. The quantitative estimate of drug-likeness (QED) is 0.894. The fourth-order valence-electron chi connectivity index (χ4n) is 3.08. The van der Waals surface area contributed by atoms with Crippen LogP contribution in [0.15, 0.2) is 23.3 Å². The Morgan fingerprint density at radius 2 is 2.18 bits per heavy atom. The average molecular weight is 299 g/mol. The van der Waals surface area contributed by atoms with Gasteiger partial charge in [-0.2, -0.15) is 5.10 Å². The van der Waals surface area contributed by atoms with Gasteiger partial charge >= 0.3 is 0 Å². The molecule has 2 aliphatic rings. The molecule has 114 valence electrons. The van der Waals surface area contributed by atoms with Crippen molar-refractivity contribution in [3.05, 3.63) is 45.9 Å². The molecule has 0 aromatic carbocycles. The lowest BCUT2D eigenvalue weighted by molar-refractivity contribution is 0.0729. The van der Waals surface area contributed by atoms with E-state index in [1.54, 1.807) is 11.1 Å². The van der Waals surface area contributed by atoms with Crippen molar-refractivity contribution in [3.8, 4) is 0 Å². The molecule has 2 N–H and O–H groups in total. The van der Waals surface area contributed by atoms with Gasteiger partial charge in [-0.05, 0) is 25.7 Å². The van der Waals surface area contributed by atoms with Gasteiger partial charge in [0.25, 0.3) is 11.5 Å². The molecule has 1 aliphatic heterocycles. The maximum absolute atomic E-state index is 12.8. The standard InChI is InChI=1S/C15H17N5O2/c21-13-6-11(18-14(19-13)9-3-4-9)15(22)20-5-1-2-12(20)10-7-16-17-8-10/h6-9,12H,1-5H2,(H,16,17)(H,18,19,21)/t12-/m0/s1. The minimum Gasteiger partial charge on any atom is -0.330 e. The molecule has 7 heteroatoms. The van der Waals surface area contributed by atoms with E-state index in [0.29, 0.717) is 18.3 Å². The zero-order valence-electron chi connectivity index (χ0n) is 12.1. The minimum absolute atomic E-state index is 0.0108. The molecule has 0 bridgehead atoms. The van der Waals surface area contributed by atoms with Crippen LogP contribution >= 0.6 is 0 Å². The van der Waals surface area contributed by atoms with Crippen LogP contribution in [-0.2, 0) is 0 Å². The average Bonchev–Trinajstić information content (AvgIpc) is 3.01. The van der Waals surface area contributed by atoms with Gasteiger partial charge in [-0.15, -0.1) is 0 Å². The summed E-state index contributed by atoms with van der Waals surface area (Å²) < 4.78 is 0. The predicted octanol–water partition coefficient (Wildman–Crippen LogP) is 1.35. The number of rotatable bonds is 3. The zero-order valence-corrected chi connectivity index (χ0v) is 12.1. The third kappa shape index (κ3) is 2.32. The Morgan fingerprint density at radius 1 is 1.32 bits per heavy atom. The van der Waals surface area contributed by atoms with E-state index in [4.69, 9.17) is 0 Å². The van der Waals surface area contributed by atoms with E-state index >= 15 is 0 Å². The largest absolute Gasteiger partial charge is 0.330 e. The van der Waals surface area contributed by atoms with E-state index < -0.39 is 0 Å². The molecule has 1 saturated heterocycles. The number of aromatic amines is 2. The summed E-state index contributed by atoms with van der Waals surface area (Å²) >= 11 is 0. The van der Waals surface area contributed by atoms with Gasteiger partial charge in [0.2, 0.25) is 0 Å². The summed E-state index contributed by atoms with van der Waals surface area (Å²) in [5, 5.41) is 6.75. The summed E-state index contributed by atoms with van der Waals surface area (Å²) in [4.78, 5) is 33.5. The van der Waals surface area contributed by atoms with Crippen molar-refractivity contribution < 1.29 is 4.79 Å². The van der Waals surface area contributed by atoms with E-state index in [2.05, 4.69) is 20.2 Å². The molecule has 2 aromatic heterocycles. The van der Waals surface area contributed by atoms with Gasteiger partial charge in [-0.1, -0.05) is 0 Å². The molecule has 0 unspecified atom stereocenters. The second-order valence-corrected chi connectivity index (χ2v) is 5.98. The molecule has 1 atom stereocenters. The highest BCUT2D eigenvalue weighted by atomic mass is 16.2. The fourth-order valence-corrected chi connectivity index (χ4v) is 3.08. The van der Waals surface area contributed by atoms with Gasteiger partial charge in [0.15, 0.2) is 0 Å². The van der Waals surface area contributed by atoms with Crippen molar-refractivity contribution in [2.24, 2.45) is 0 Å². The van der Waals surface area contributed by atoms with Crippen molar-refractivity contribution in [1.29, 1.82) is 0 Å². The number of hydrogen-bond donors (Lipinski definition) is 2. The first-order valence-corrected chi connectivity index (χ1v) is 7.63. The van der Waals surface area contributed by atoms with Gasteiger partial charge in [0.05, 0.1) is 12.2 Å². The lowest BCUT2D eigenvalue weighted by Gasteiger charge is -2.23. The number of carbonyl (C=O) groups is 1. The van der Waals surface area contributed by atoms with Crippen molar-refractivity contribution in [3.63, 3.8) is 0 Å². The molecule has 1 saturated carbocycles. The first-order valence-electron chi connectivity index (χ1n) is 7.63. The highest BCUT2D eigenvalue weighted by Gasteiger charge is 2.33. The Labute approximate surface area is 126 Å². The van der Waals surface area contributed by atoms with E-state index in [1.807, 2.05) is 6.20 Å². The second-order valence-electron chi connectivity index (χ2n) is 5.98. The Balaban J connectivity index is 1.65. The number of carbonyl (C=O) groups excluding carboxylic acids is 1. The lowest BCUT2D eigenvalue weighted by atomic mass is 10.1. The molecule has 0 radical (unpaired) electrons. The number of likely N-dealkylation sites (tertiary alicyclic amines) is 1. The van der Waals surface area contributed by atoms with Crippen LogP contribution in [0.4, 0.5) is 0 Å². The third-order valence-corrected chi connectivity index (χ3v) is 4.36. The number of hydrogen-bond acceptors (Lipinski definition) is 4. The Morgan fingerprint density at radius 3 is 2.91 bits per heavy atom. The minimum atomic E-state index is -0.251. The van der Waals surface area contributed by atoms with Crippen LogP contribution in [-0.4, -0.2) is 37.5 Å². The van der Waals surface area contributed by atoms with Crippen LogP contribution in [0.2, 0.25) is 0 Å². The van der Waals surface area contributed by atoms with Crippen LogP contribution in [0.1, 0.15) is 59.5 Å². The van der Waals surface area contributed by atoms with Crippen LogP contribution in [0.3, 0.4) is 0 Å². The lowest BCUT2D eigenvalue weighted by Crippen LogP contribution is -2.32. The van der Waals surface area contributed by atoms with E-state index in [1.165, 1.54) is 6.07 Å². The highest BCUT2D eigenvalue weighted by molar-refractivity contribution is 5.92. The maximum Gasteiger partial charge on any atom is 0.273 e. The van der Waals surface area contributed by atoms with E-state index in [9.17, 15) is 9.59 Å². The SMILES string of the molecule is O=C(c1cc(=O)[nH]c(C2CC2)n1)N1CCC[C@H]1c1cn[nH]c1. The number of nitrogens with zero attached hydrogens (tertiary/aromatic N) is 3. The normalized spacial score (nSPS) is 21.3. The summed E-state index contributed by atoms with van der Waals surface area (Å²) in [5.41, 5.74) is 0.999. The van der Waals surface area contributed by atoms with Crippen molar-refractivity contribution >= 4 is 5.91 Å². The molecule has 22 heavy (non-hydrogen) atoms. The topological polar surface area (TPSA) is 94.7 Å². The van der Waals surface area contributed by atoms with E-state index in [-0.39, 0.29) is 23.2 Å². The predicted molar refractivity (Wildman–Crippen MR) is 78.4 cm³/mol. The molecular formula is C15H17N5O2. The molecule has 1 aliphatic carbocycles. The third-order valence-electron chi connectivity index (χ3n) is 4.36. The molecule has 0 spiro atoms. The van der Waals surface area contributed by atoms with E-state index in [0.717, 1.165) is 31.2 Å². The number of amides is 1. The van der Waals surface area contributed by atoms with Crippen LogP contribution in [0, 0.1) is 0 Å². The van der Waals surface area contributed by atoms with Crippen molar-refractivity contribution in [2.45, 2.75) is 37.6 Å². The summed E-state index contributed by atoms with van der Waals surface area (Å²) in [6.07, 6.45) is 7.47. The number of nitrogens with one attached hydrogen (secondary N) is 2. The number of aromatic nitrogens is 4. The molecule has 2 aromatic rings. The van der Waals surface area contributed by atoms with Gasteiger partial charge in [-0.25, -0.2) is 4.98 Å². The van der Waals surface area contributed by atoms with Crippen molar-refractivity contribution in [1.82, 2.24) is 25.1 Å². The smallest absolute Gasteiger partial charge is 0.273 e. The first kappa shape index (κ1) is 13.2. The monoisotopic (exact) mass is 299 g/mol. The summed E-state index contributed by atoms with van der Waals surface area (Å²) in [5.74, 6) is 0.787. The second kappa shape index (κ2) is 5.08. The molecule has 2 fully saturated rings. The van der Waals surface area contributed by atoms with Gasteiger partial charge in [0, 0.05) is 30.3 Å². The van der Waals surface area contributed by atoms with Crippen LogP contribution in [0.25, 0.3) is 0 Å². The number of H-pyrrole nitrogens is 2. The summed E-state index contributed by atoms with van der Waals surface area (Å²) in [6, 6.07) is 1.32.